The maximum atomic E-state index is 11.1. The van der Waals surface area contributed by atoms with E-state index in [2.05, 4.69) is 10.3 Å². The monoisotopic (exact) mass is 192 g/mol. The Balaban J connectivity index is 2.04. The van der Waals surface area contributed by atoms with E-state index in [-0.39, 0.29) is 5.91 Å². The molecule has 1 aromatic heterocycles. The molecule has 0 aromatic carbocycles. The zero-order valence-electron chi connectivity index (χ0n) is 7.99. The third kappa shape index (κ3) is 2.02. The summed E-state index contributed by atoms with van der Waals surface area (Å²) in [7, 11) is 1.58. The minimum absolute atomic E-state index is 0.178. The van der Waals surface area contributed by atoms with Crippen molar-refractivity contribution in [2.75, 3.05) is 7.05 Å². The third-order valence-corrected chi connectivity index (χ3v) is 2.02. The Morgan fingerprint density at radius 1 is 1.57 bits per heavy atom. The van der Waals surface area contributed by atoms with E-state index >= 15 is 0 Å². The van der Waals surface area contributed by atoms with Crippen LogP contribution in [0.1, 0.15) is 23.3 Å². The van der Waals surface area contributed by atoms with E-state index in [0.29, 0.717) is 11.8 Å². The van der Waals surface area contributed by atoms with Crippen LogP contribution in [0.15, 0.2) is 18.3 Å². The van der Waals surface area contributed by atoms with Gasteiger partial charge in [0.1, 0.15) is 11.4 Å². The summed E-state index contributed by atoms with van der Waals surface area (Å²) in [6.45, 7) is 0. The normalized spacial score (nSPS) is 14.9. The minimum Gasteiger partial charge on any atom is -0.489 e. The summed E-state index contributed by atoms with van der Waals surface area (Å²) < 4.78 is 5.50. The SMILES string of the molecule is CNC(=O)c1ccc(OC2CC2)cn1. The largest absolute Gasteiger partial charge is 0.489 e. The lowest BCUT2D eigenvalue weighted by Crippen LogP contribution is -2.18. The number of pyridine rings is 1. The van der Waals surface area contributed by atoms with Crippen molar-refractivity contribution in [1.29, 1.82) is 0 Å². The molecule has 0 unspecified atom stereocenters. The van der Waals surface area contributed by atoms with Crippen LogP contribution in [0.2, 0.25) is 0 Å². The number of nitrogens with one attached hydrogen (secondary N) is 1. The number of carbonyl (C=O) groups excluding carboxylic acids is 1. The van der Waals surface area contributed by atoms with Gasteiger partial charge in [-0.2, -0.15) is 0 Å². The van der Waals surface area contributed by atoms with Crippen molar-refractivity contribution < 1.29 is 9.53 Å². The first-order valence-corrected chi connectivity index (χ1v) is 4.64. The molecule has 74 valence electrons. The number of amides is 1. The molecule has 1 N–H and O–H groups in total. The van der Waals surface area contributed by atoms with Gasteiger partial charge in [0, 0.05) is 7.05 Å². The molecule has 1 saturated carbocycles. The van der Waals surface area contributed by atoms with Gasteiger partial charge < -0.3 is 10.1 Å². The zero-order chi connectivity index (χ0) is 9.97. The van der Waals surface area contributed by atoms with Crippen LogP contribution in [-0.4, -0.2) is 24.0 Å². The van der Waals surface area contributed by atoms with Crippen molar-refractivity contribution in [3.8, 4) is 5.75 Å². The summed E-state index contributed by atoms with van der Waals surface area (Å²) in [6, 6.07) is 3.44. The lowest BCUT2D eigenvalue weighted by molar-refractivity contribution is 0.0958. The van der Waals surface area contributed by atoms with Gasteiger partial charge >= 0.3 is 0 Å². The Labute approximate surface area is 82.3 Å². The topological polar surface area (TPSA) is 51.2 Å². The fourth-order valence-electron chi connectivity index (χ4n) is 1.09. The average molecular weight is 192 g/mol. The van der Waals surface area contributed by atoms with Gasteiger partial charge in [-0.1, -0.05) is 0 Å². The Morgan fingerprint density at radius 3 is 2.86 bits per heavy atom. The maximum Gasteiger partial charge on any atom is 0.269 e. The molecule has 0 bridgehead atoms. The summed E-state index contributed by atoms with van der Waals surface area (Å²) in [5.41, 5.74) is 0.413. The van der Waals surface area contributed by atoms with Gasteiger partial charge in [-0.25, -0.2) is 4.98 Å². The summed E-state index contributed by atoms with van der Waals surface area (Å²) >= 11 is 0. The number of aromatic nitrogens is 1. The summed E-state index contributed by atoms with van der Waals surface area (Å²) in [5.74, 6) is 0.558. The first-order valence-electron chi connectivity index (χ1n) is 4.64. The fourth-order valence-corrected chi connectivity index (χ4v) is 1.09. The lowest BCUT2D eigenvalue weighted by atomic mass is 10.3. The molecule has 14 heavy (non-hydrogen) atoms. The van der Waals surface area contributed by atoms with E-state index in [1.54, 1.807) is 25.4 Å². The molecule has 1 aliphatic rings. The van der Waals surface area contributed by atoms with Crippen molar-refractivity contribution in [3.63, 3.8) is 0 Å². The molecule has 0 radical (unpaired) electrons. The number of rotatable bonds is 3. The van der Waals surface area contributed by atoms with Crippen LogP contribution in [0.5, 0.6) is 5.75 Å². The van der Waals surface area contributed by atoms with Gasteiger partial charge in [0.05, 0.1) is 12.3 Å². The molecule has 0 spiro atoms. The zero-order valence-corrected chi connectivity index (χ0v) is 7.99. The van der Waals surface area contributed by atoms with E-state index in [4.69, 9.17) is 4.74 Å². The smallest absolute Gasteiger partial charge is 0.269 e. The van der Waals surface area contributed by atoms with Crippen molar-refractivity contribution >= 4 is 5.91 Å². The first kappa shape index (κ1) is 8.99. The van der Waals surface area contributed by atoms with Gasteiger partial charge in [0.2, 0.25) is 0 Å². The highest BCUT2D eigenvalue weighted by Crippen LogP contribution is 2.25. The van der Waals surface area contributed by atoms with Gasteiger partial charge in [-0.05, 0) is 25.0 Å². The first-order chi connectivity index (χ1) is 6.79. The van der Waals surface area contributed by atoms with Crippen molar-refractivity contribution in [1.82, 2.24) is 10.3 Å². The third-order valence-electron chi connectivity index (χ3n) is 2.02. The van der Waals surface area contributed by atoms with Crippen LogP contribution in [0.4, 0.5) is 0 Å². The molecule has 4 heteroatoms. The average Bonchev–Trinajstić information content (AvgIpc) is 3.02. The predicted octanol–water partition coefficient (Wildman–Crippen LogP) is 0.982. The fraction of sp³-hybridized carbons (Fsp3) is 0.400. The minimum atomic E-state index is -0.178. The molecule has 0 aliphatic heterocycles. The van der Waals surface area contributed by atoms with Crippen LogP contribution in [0, 0.1) is 0 Å². The Kier molecular flexibility index (Phi) is 2.35. The second-order valence-electron chi connectivity index (χ2n) is 3.28. The number of hydrogen-bond acceptors (Lipinski definition) is 3. The lowest BCUT2D eigenvalue weighted by Gasteiger charge is -2.03. The molecule has 1 amide bonds. The van der Waals surface area contributed by atoms with E-state index in [9.17, 15) is 4.79 Å². The maximum absolute atomic E-state index is 11.1. The molecule has 1 heterocycles. The summed E-state index contributed by atoms with van der Waals surface area (Å²) in [6.07, 6.45) is 4.19. The van der Waals surface area contributed by atoms with Crippen molar-refractivity contribution in [3.05, 3.63) is 24.0 Å². The quantitative estimate of drug-likeness (QED) is 0.776. The van der Waals surface area contributed by atoms with Crippen LogP contribution < -0.4 is 10.1 Å². The molecule has 1 aromatic rings. The van der Waals surface area contributed by atoms with Gasteiger partial charge in [0.15, 0.2) is 0 Å². The standard InChI is InChI=1S/C10H12N2O2/c1-11-10(13)9-5-4-8(6-12-9)14-7-2-3-7/h4-7H,2-3H2,1H3,(H,11,13). The highest BCUT2D eigenvalue weighted by atomic mass is 16.5. The van der Waals surface area contributed by atoms with E-state index in [0.717, 1.165) is 18.6 Å². The predicted molar refractivity (Wildman–Crippen MR) is 51.3 cm³/mol. The molecular weight excluding hydrogens is 180 g/mol. The summed E-state index contributed by atoms with van der Waals surface area (Å²) in [4.78, 5) is 15.1. The molecule has 4 nitrogen and oxygen atoms in total. The van der Waals surface area contributed by atoms with Crippen molar-refractivity contribution in [2.45, 2.75) is 18.9 Å². The molecule has 0 saturated heterocycles. The molecule has 1 aliphatic carbocycles. The van der Waals surface area contributed by atoms with Gasteiger partial charge in [-0.3, -0.25) is 4.79 Å². The number of ether oxygens (including phenoxy) is 1. The van der Waals surface area contributed by atoms with E-state index in [1.165, 1.54) is 0 Å². The second kappa shape index (κ2) is 3.65. The number of nitrogens with zero attached hydrogens (tertiary/aromatic N) is 1. The molecular formula is C10H12N2O2. The van der Waals surface area contributed by atoms with E-state index < -0.39 is 0 Å². The number of hydrogen-bond donors (Lipinski definition) is 1. The Morgan fingerprint density at radius 2 is 2.36 bits per heavy atom. The van der Waals surface area contributed by atoms with Crippen molar-refractivity contribution in [2.24, 2.45) is 0 Å². The Bertz CT molecular complexity index is 330. The molecule has 1 fully saturated rings. The second-order valence-corrected chi connectivity index (χ2v) is 3.28. The summed E-state index contributed by atoms with van der Waals surface area (Å²) in [5, 5.41) is 2.51. The van der Waals surface area contributed by atoms with E-state index in [1.807, 2.05) is 0 Å². The Hall–Kier alpha value is -1.58. The highest BCUT2D eigenvalue weighted by molar-refractivity contribution is 5.91. The highest BCUT2D eigenvalue weighted by Gasteiger charge is 2.23. The molecule has 2 rings (SSSR count). The van der Waals surface area contributed by atoms with Gasteiger partial charge in [-0.15, -0.1) is 0 Å². The van der Waals surface area contributed by atoms with Crippen LogP contribution in [0.3, 0.4) is 0 Å². The molecule has 0 atom stereocenters. The van der Waals surface area contributed by atoms with Gasteiger partial charge in [0.25, 0.3) is 5.91 Å². The van der Waals surface area contributed by atoms with Crippen LogP contribution >= 0.6 is 0 Å². The van der Waals surface area contributed by atoms with Crippen LogP contribution in [-0.2, 0) is 0 Å². The van der Waals surface area contributed by atoms with Crippen LogP contribution in [0.25, 0.3) is 0 Å². The number of carbonyl (C=O) groups is 1.